The van der Waals surface area contributed by atoms with Crippen molar-refractivity contribution in [1.29, 1.82) is 0 Å². The number of nitrogens with zero attached hydrogens (tertiary/aromatic N) is 1. The van der Waals surface area contributed by atoms with E-state index in [0.29, 0.717) is 37.4 Å². The van der Waals surface area contributed by atoms with E-state index in [9.17, 15) is 9.59 Å². The summed E-state index contributed by atoms with van der Waals surface area (Å²) in [6.07, 6.45) is 0.799. The molecule has 0 radical (unpaired) electrons. The Balaban J connectivity index is 1.64. The van der Waals surface area contributed by atoms with E-state index in [2.05, 4.69) is 5.32 Å². The Bertz CT molecular complexity index is 786. The first kappa shape index (κ1) is 18.8. The van der Waals surface area contributed by atoms with E-state index >= 15 is 0 Å². The summed E-state index contributed by atoms with van der Waals surface area (Å²) in [5, 5.41) is 12.0. The van der Waals surface area contributed by atoms with Gasteiger partial charge < -0.3 is 20.1 Å². The Hall–Kier alpha value is -3.02. The maximum absolute atomic E-state index is 12.6. The Morgan fingerprint density at radius 2 is 1.70 bits per heavy atom. The zero-order valence-electron chi connectivity index (χ0n) is 15.3. The number of para-hydroxylation sites is 2. The summed E-state index contributed by atoms with van der Waals surface area (Å²) in [4.78, 5) is 25.3. The summed E-state index contributed by atoms with van der Waals surface area (Å²) < 4.78 is 6.06. The molecule has 0 aliphatic carbocycles. The normalized spacial score (nSPS) is 15.8. The maximum Gasteiger partial charge on any atom is 0.321 e. The molecule has 2 amide bonds. The van der Waals surface area contributed by atoms with E-state index in [1.165, 1.54) is 0 Å². The Kier molecular flexibility index (Phi) is 5.96. The fraction of sp³-hybridized carbons (Fsp3) is 0.333. The second-order valence-corrected chi connectivity index (χ2v) is 6.70. The minimum atomic E-state index is -0.788. The molecule has 6 nitrogen and oxygen atoms in total. The van der Waals surface area contributed by atoms with E-state index in [1.807, 2.05) is 55.5 Å². The lowest BCUT2D eigenvalue weighted by atomic mass is 9.97. The van der Waals surface area contributed by atoms with Gasteiger partial charge in [-0.25, -0.2) is 4.79 Å². The fourth-order valence-electron chi connectivity index (χ4n) is 3.18. The maximum atomic E-state index is 12.6. The van der Waals surface area contributed by atoms with Crippen LogP contribution in [0.3, 0.4) is 0 Å². The van der Waals surface area contributed by atoms with Crippen LogP contribution in [0.5, 0.6) is 5.75 Å². The second-order valence-electron chi connectivity index (χ2n) is 6.70. The highest BCUT2D eigenvalue weighted by Crippen LogP contribution is 2.29. The Morgan fingerprint density at radius 3 is 2.37 bits per heavy atom. The van der Waals surface area contributed by atoms with E-state index in [1.54, 1.807) is 11.0 Å². The number of carbonyl (C=O) groups is 2. The van der Waals surface area contributed by atoms with E-state index < -0.39 is 5.97 Å². The van der Waals surface area contributed by atoms with Gasteiger partial charge in [0.15, 0.2) is 0 Å². The van der Waals surface area contributed by atoms with Gasteiger partial charge in [-0.2, -0.15) is 0 Å². The summed E-state index contributed by atoms with van der Waals surface area (Å²) in [6.45, 7) is 2.84. The number of nitrogens with one attached hydrogen (secondary N) is 1. The number of carboxylic acids is 1. The van der Waals surface area contributed by atoms with Crippen LogP contribution >= 0.6 is 0 Å². The molecule has 6 heteroatoms. The standard InChI is InChI=1S/C21H24N2O4/c1-15(16-7-3-2-4-8-16)27-19-10-6-5-9-18(19)22-21(26)23-13-11-17(12-14-23)20(24)25/h2-10,15,17H,11-14H2,1H3,(H,22,26)(H,24,25). The smallest absolute Gasteiger partial charge is 0.321 e. The van der Waals surface area contributed by atoms with Crippen molar-refractivity contribution < 1.29 is 19.4 Å². The quantitative estimate of drug-likeness (QED) is 0.831. The molecular formula is C21H24N2O4. The van der Waals surface area contributed by atoms with Crippen molar-refractivity contribution in [3.8, 4) is 5.75 Å². The van der Waals surface area contributed by atoms with Gasteiger partial charge in [-0.1, -0.05) is 42.5 Å². The molecule has 1 saturated heterocycles. The van der Waals surface area contributed by atoms with Crippen LogP contribution < -0.4 is 10.1 Å². The first-order chi connectivity index (χ1) is 13.0. The summed E-state index contributed by atoms with van der Waals surface area (Å²) in [6, 6.07) is 17.0. The number of likely N-dealkylation sites (tertiary alicyclic amines) is 1. The third-order valence-corrected chi connectivity index (χ3v) is 4.83. The molecule has 2 N–H and O–H groups in total. The highest BCUT2D eigenvalue weighted by atomic mass is 16.5. The molecule has 1 unspecified atom stereocenters. The number of hydrogen-bond acceptors (Lipinski definition) is 3. The molecule has 1 fully saturated rings. The zero-order valence-corrected chi connectivity index (χ0v) is 15.3. The molecule has 0 spiro atoms. The number of aliphatic carboxylic acids is 1. The van der Waals surface area contributed by atoms with Crippen LogP contribution in [0.2, 0.25) is 0 Å². The fourth-order valence-corrected chi connectivity index (χ4v) is 3.18. The van der Waals surface area contributed by atoms with Gasteiger partial charge in [0, 0.05) is 13.1 Å². The van der Waals surface area contributed by atoms with Gasteiger partial charge >= 0.3 is 12.0 Å². The van der Waals surface area contributed by atoms with Gasteiger partial charge in [0.25, 0.3) is 0 Å². The Morgan fingerprint density at radius 1 is 1.07 bits per heavy atom. The minimum absolute atomic E-state index is 0.157. The minimum Gasteiger partial charge on any atom is -0.484 e. The molecule has 1 heterocycles. The van der Waals surface area contributed by atoms with Crippen LogP contribution in [0.15, 0.2) is 54.6 Å². The predicted molar refractivity (Wildman–Crippen MR) is 103 cm³/mol. The van der Waals surface area contributed by atoms with E-state index in [4.69, 9.17) is 9.84 Å². The number of piperidine rings is 1. The largest absolute Gasteiger partial charge is 0.484 e. The number of ether oxygens (including phenoxy) is 1. The highest BCUT2D eigenvalue weighted by molar-refractivity contribution is 5.91. The average molecular weight is 368 g/mol. The second kappa shape index (κ2) is 8.58. The van der Waals surface area contributed by atoms with Crippen molar-refractivity contribution in [3.05, 3.63) is 60.2 Å². The lowest BCUT2D eigenvalue weighted by molar-refractivity contribution is -0.143. The van der Waals surface area contributed by atoms with Crippen LogP contribution in [0.1, 0.15) is 31.4 Å². The third-order valence-electron chi connectivity index (χ3n) is 4.83. The highest BCUT2D eigenvalue weighted by Gasteiger charge is 2.27. The predicted octanol–water partition coefficient (Wildman–Crippen LogP) is 4.16. The summed E-state index contributed by atoms with van der Waals surface area (Å²) in [5.74, 6) is -0.553. The number of carbonyl (C=O) groups excluding carboxylic acids is 1. The van der Waals surface area contributed by atoms with Crippen LogP contribution in [0.4, 0.5) is 10.5 Å². The van der Waals surface area contributed by atoms with Crippen molar-refractivity contribution in [2.45, 2.75) is 25.9 Å². The van der Waals surface area contributed by atoms with E-state index in [-0.39, 0.29) is 18.1 Å². The number of urea groups is 1. The monoisotopic (exact) mass is 368 g/mol. The van der Waals surface area contributed by atoms with Gasteiger partial charge in [0.1, 0.15) is 11.9 Å². The number of anilines is 1. The SMILES string of the molecule is CC(Oc1ccccc1NC(=O)N1CCC(C(=O)O)CC1)c1ccccc1. The van der Waals surface area contributed by atoms with Crippen molar-refractivity contribution in [3.63, 3.8) is 0 Å². The number of benzene rings is 2. The average Bonchev–Trinajstić information content (AvgIpc) is 2.70. The van der Waals surface area contributed by atoms with Crippen LogP contribution in [0.25, 0.3) is 0 Å². The molecule has 0 saturated carbocycles. The number of carboxylic acid groups (broad SMARTS) is 1. The van der Waals surface area contributed by atoms with Crippen molar-refractivity contribution in [1.82, 2.24) is 4.90 Å². The molecule has 1 aliphatic heterocycles. The number of amides is 2. The van der Waals surface area contributed by atoms with Gasteiger partial charge in [0.2, 0.25) is 0 Å². The van der Waals surface area contributed by atoms with Crippen molar-refractivity contribution in [2.75, 3.05) is 18.4 Å². The third kappa shape index (κ3) is 4.78. The molecule has 0 aromatic heterocycles. The number of hydrogen-bond donors (Lipinski definition) is 2. The van der Waals surface area contributed by atoms with Crippen molar-refractivity contribution in [2.24, 2.45) is 5.92 Å². The molecule has 0 bridgehead atoms. The van der Waals surface area contributed by atoms with Crippen LogP contribution in [0, 0.1) is 5.92 Å². The summed E-state index contributed by atoms with van der Waals surface area (Å²) in [7, 11) is 0. The molecule has 2 aromatic rings. The van der Waals surface area contributed by atoms with Gasteiger partial charge in [-0.15, -0.1) is 0 Å². The summed E-state index contributed by atoms with van der Waals surface area (Å²) in [5.41, 5.74) is 1.65. The first-order valence-electron chi connectivity index (χ1n) is 9.14. The molecule has 142 valence electrons. The first-order valence-corrected chi connectivity index (χ1v) is 9.14. The zero-order chi connectivity index (χ0) is 19.2. The van der Waals surface area contributed by atoms with Gasteiger partial charge in [-0.3, -0.25) is 4.79 Å². The molecule has 1 aliphatic rings. The molecule has 3 rings (SSSR count). The number of rotatable bonds is 5. The molecule has 27 heavy (non-hydrogen) atoms. The lowest BCUT2D eigenvalue weighted by Gasteiger charge is -2.30. The van der Waals surface area contributed by atoms with Crippen LogP contribution in [-0.2, 0) is 4.79 Å². The van der Waals surface area contributed by atoms with Crippen LogP contribution in [-0.4, -0.2) is 35.1 Å². The molecule has 1 atom stereocenters. The topological polar surface area (TPSA) is 78.9 Å². The van der Waals surface area contributed by atoms with E-state index in [0.717, 1.165) is 5.56 Å². The lowest BCUT2D eigenvalue weighted by Crippen LogP contribution is -2.42. The van der Waals surface area contributed by atoms with Crippen molar-refractivity contribution >= 4 is 17.7 Å². The van der Waals surface area contributed by atoms with Gasteiger partial charge in [-0.05, 0) is 37.5 Å². The van der Waals surface area contributed by atoms with Gasteiger partial charge in [0.05, 0.1) is 11.6 Å². The summed E-state index contributed by atoms with van der Waals surface area (Å²) >= 11 is 0. The Labute approximate surface area is 158 Å². The molecular weight excluding hydrogens is 344 g/mol. The molecule has 2 aromatic carbocycles.